The van der Waals surface area contributed by atoms with Crippen LogP contribution in [-0.2, 0) is 5.41 Å². The molecule has 0 spiro atoms. The summed E-state index contributed by atoms with van der Waals surface area (Å²) in [6.45, 7) is 4.72. The van der Waals surface area contributed by atoms with Gasteiger partial charge < -0.3 is 18.3 Å². The van der Waals surface area contributed by atoms with Crippen LogP contribution in [0.1, 0.15) is 25.0 Å². The second-order valence-electron chi connectivity index (χ2n) is 31.0. The van der Waals surface area contributed by atoms with Gasteiger partial charge in [0.2, 0.25) is 0 Å². The number of aromatic nitrogens is 4. The number of benzene rings is 19. The van der Waals surface area contributed by atoms with Gasteiger partial charge in [0.15, 0.2) is 0 Å². The standard InChI is InChI=1S/C55H38N2.C54H34N2/c1-55(2)49-19-8-5-15-43(49)44-29-28-40(34-50(44)55)57-52-21-10-7-17-46(52)48-33-38(25-31-54(48)57)37-24-30-53-47(32-37)45-16-6-9-20-51(45)56(53)39-26-22-36(23-27-39)42-18-11-13-35-12-3-4-14-41(35)42;1-2-13-35(14-3-1)36-15-12-16-39(31-36)55-51-23-10-8-21-46(51)49-32-37(25-29-53(49)55)38-26-30-54-50(33-38)47-22-9-11-24-52(47)56(54)40-27-28-45-43-19-5-4-17-41(43)42-18-6-7-20-44(42)48(45)34-40/h3-34H,1-2H3;1-34H. The minimum atomic E-state index is -0.0589. The predicted molar refractivity (Wildman–Crippen MR) is 480 cm³/mol. The van der Waals surface area contributed by atoms with Crippen molar-refractivity contribution in [2.45, 2.75) is 19.3 Å². The van der Waals surface area contributed by atoms with E-state index in [4.69, 9.17) is 0 Å². The molecule has 4 aromatic heterocycles. The summed E-state index contributed by atoms with van der Waals surface area (Å²) in [6.07, 6.45) is 0. The van der Waals surface area contributed by atoms with E-state index in [0.717, 1.165) is 11.4 Å². The molecule has 4 nitrogen and oxygen atoms in total. The number of fused-ring (bicyclic) bond motifs is 22. The highest BCUT2D eigenvalue weighted by Crippen LogP contribution is 2.51. The van der Waals surface area contributed by atoms with E-state index in [1.54, 1.807) is 0 Å². The van der Waals surface area contributed by atoms with Gasteiger partial charge in [-0.15, -0.1) is 0 Å². The Morgan fingerprint density at radius 2 is 0.487 bits per heavy atom. The lowest BCUT2D eigenvalue weighted by Gasteiger charge is -2.22. The molecule has 0 bridgehead atoms. The predicted octanol–water partition coefficient (Wildman–Crippen LogP) is 29.3. The maximum Gasteiger partial charge on any atom is 0.0541 e. The molecule has 19 aromatic carbocycles. The molecule has 528 valence electrons. The highest BCUT2D eigenvalue weighted by Gasteiger charge is 2.36. The first-order valence-electron chi connectivity index (χ1n) is 39.3. The minimum absolute atomic E-state index is 0.0589. The van der Waals surface area contributed by atoms with Crippen molar-refractivity contribution in [3.63, 3.8) is 0 Å². The van der Waals surface area contributed by atoms with Crippen LogP contribution >= 0.6 is 0 Å². The zero-order valence-corrected chi connectivity index (χ0v) is 62.4. The third-order valence-electron chi connectivity index (χ3n) is 24.6. The molecule has 0 saturated heterocycles. The summed E-state index contributed by atoms with van der Waals surface area (Å²) in [5, 5.41) is 20.3. The fourth-order valence-electron chi connectivity index (χ4n) is 19.3. The summed E-state index contributed by atoms with van der Waals surface area (Å²) in [5.74, 6) is 0. The van der Waals surface area contributed by atoms with Crippen molar-refractivity contribution in [1.29, 1.82) is 0 Å². The Morgan fingerprint density at radius 1 is 0.159 bits per heavy atom. The van der Waals surface area contributed by atoms with Gasteiger partial charge in [-0.25, -0.2) is 0 Å². The van der Waals surface area contributed by atoms with Crippen LogP contribution in [0.2, 0.25) is 0 Å². The molecular weight excluding hydrogens is 1370 g/mol. The fourth-order valence-corrected chi connectivity index (χ4v) is 19.3. The van der Waals surface area contributed by atoms with Crippen LogP contribution < -0.4 is 0 Å². The zero-order valence-electron chi connectivity index (χ0n) is 62.4. The molecule has 1 aliphatic carbocycles. The average molecular weight is 1440 g/mol. The maximum atomic E-state index is 2.45. The van der Waals surface area contributed by atoms with Crippen molar-refractivity contribution in [1.82, 2.24) is 18.3 Å². The Bertz CT molecular complexity index is 7850. The molecule has 23 aromatic rings. The van der Waals surface area contributed by atoms with Crippen LogP contribution in [0.15, 0.2) is 400 Å². The molecule has 0 amide bonds. The SMILES string of the molecule is CC1(C)c2ccccc2-c2ccc(-n3c4ccccc4c4cc(-c5ccc6c(c5)c5ccccc5n6-c5ccc(-c6cccc7ccccc67)cc5)ccc43)cc21.c1ccc(-c2cccc(-n3c4ccccc4c4cc(-c5ccc6c(c5)c5ccccc5n6-c5ccc6c7ccccc7c7ccccc7c6c5)ccc43)c2)cc1. The Labute approximate surface area is 653 Å². The number of nitrogens with zero attached hydrogens (tertiary/aromatic N) is 4. The first-order valence-corrected chi connectivity index (χ1v) is 39.3. The molecule has 113 heavy (non-hydrogen) atoms. The van der Waals surface area contributed by atoms with E-state index in [1.165, 1.54) is 208 Å². The van der Waals surface area contributed by atoms with Gasteiger partial charge in [0, 0.05) is 71.3 Å². The molecular formula is C109H72N4. The molecule has 0 fully saturated rings. The lowest BCUT2D eigenvalue weighted by atomic mass is 9.82. The normalized spacial score (nSPS) is 12.6. The van der Waals surface area contributed by atoms with E-state index in [9.17, 15) is 0 Å². The lowest BCUT2D eigenvalue weighted by Crippen LogP contribution is -2.15. The van der Waals surface area contributed by atoms with Crippen molar-refractivity contribution >= 4 is 130 Å². The summed E-state index contributed by atoms with van der Waals surface area (Å²) in [7, 11) is 0. The largest absolute Gasteiger partial charge is 0.309 e. The number of hydrogen-bond acceptors (Lipinski definition) is 0. The van der Waals surface area contributed by atoms with Gasteiger partial charge in [-0.2, -0.15) is 0 Å². The van der Waals surface area contributed by atoms with E-state index in [1.807, 2.05) is 0 Å². The average Bonchev–Trinajstić information content (AvgIpc) is 1.71. The number of para-hydroxylation sites is 4. The molecule has 0 aliphatic heterocycles. The molecule has 4 heteroatoms. The van der Waals surface area contributed by atoms with Crippen LogP contribution in [0.5, 0.6) is 0 Å². The first kappa shape index (κ1) is 64.4. The first-order chi connectivity index (χ1) is 55.8. The third-order valence-corrected chi connectivity index (χ3v) is 24.6. The van der Waals surface area contributed by atoms with Crippen LogP contribution in [-0.4, -0.2) is 18.3 Å². The van der Waals surface area contributed by atoms with E-state index < -0.39 is 0 Å². The summed E-state index contributed by atoms with van der Waals surface area (Å²) < 4.78 is 9.72. The highest BCUT2D eigenvalue weighted by molar-refractivity contribution is 6.26. The Morgan fingerprint density at radius 3 is 1.01 bits per heavy atom. The highest BCUT2D eigenvalue weighted by atomic mass is 15.0. The summed E-state index contributed by atoms with van der Waals surface area (Å²) in [5.41, 5.74) is 29.6. The van der Waals surface area contributed by atoms with E-state index in [2.05, 4.69) is 432 Å². The topological polar surface area (TPSA) is 19.7 Å². The minimum Gasteiger partial charge on any atom is -0.309 e. The van der Waals surface area contributed by atoms with Gasteiger partial charge in [-0.3, -0.25) is 0 Å². The molecule has 24 rings (SSSR count). The summed E-state index contributed by atoms with van der Waals surface area (Å²) in [4.78, 5) is 0. The summed E-state index contributed by atoms with van der Waals surface area (Å²) in [6, 6.07) is 148. The molecule has 4 heterocycles. The third kappa shape index (κ3) is 10.0. The Balaban J connectivity index is 0.000000134. The van der Waals surface area contributed by atoms with Gasteiger partial charge in [-0.1, -0.05) is 293 Å². The second kappa shape index (κ2) is 25.2. The van der Waals surface area contributed by atoms with E-state index >= 15 is 0 Å². The molecule has 0 N–H and O–H groups in total. The second-order valence-corrected chi connectivity index (χ2v) is 31.0. The van der Waals surface area contributed by atoms with E-state index in [0.29, 0.717) is 0 Å². The maximum absolute atomic E-state index is 2.45. The molecule has 0 atom stereocenters. The van der Waals surface area contributed by atoms with Gasteiger partial charge >= 0.3 is 0 Å². The Hall–Kier alpha value is -14.6. The fraction of sp³-hybridized carbons (Fsp3) is 0.0275. The molecule has 0 saturated carbocycles. The number of hydrogen-bond donors (Lipinski definition) is 0. The van der Waals surface area contributed by atoms with Crippen LogP contribution in [0.25, 0.3) is 209 Å². The van der Waals surface area contributed by atoms with Crippen molar-refractivity contribution in [3.8, 4) is 78.4 Å². The van der Waals surface area contributed by atoms with Gasteiger partial charge in [-0.05, 0) is 231 Å². The van der Waals surface area contributed by atoms with Crippen molar-refractivity contribution in [2.75, 3.05) is 0 Å². The van der Waals surface area contributed by atoms with E-state index in [-0.39, 0.29) is 5.41 Å². The molecule has 0 unspecified atom stereocenters. The number of rotatable bonds is 8. The van der Waals surface area contributed by atoms with Crippen molar-refractivity contribution in [3.05, 3.63) is 412 Å². The van der Waals surface area contributed by atoms with Crippen molar-refractivity contribution < 1.29 is 0 Å². The quantitative estimate of drug-likeness (QED) is 0.135. The molecule has 1 aliphatic rings. The van der Waals surface area contributed by atoms with Crippen molar-refractivity contribution in [2.24, 2.45) is 0 Å². The lowest BCUT2D eigenvalue weighted by molar-refractivity contribution is 0.660. The zero-order chi connectivity index (χ0) is 74.6. The van der Waals surface area contributed by atoms with Gasteiger partial charge in [0.1, 0.15) is 0 Å². The monoisotopic (exact) mass is 1440 g/mol. The van der Waals surface area contributed by atoms with Gasteiger partial charge in [0.05, 0.1) is 44.1 Å². The van der Waals surface area contributed by atoms with Gasteiger partial charge in [0.25, 0.3) is 0 Å². The smallest absolute Gasteiger partial charge is 0.0541 e. The van der Waals surface area contributed by atoms with Crippen LogP contribution in [0.4, 0.5) is 0 Å². The molecule has 0 radical (unpaired) electrons. The summed E-state index contributed by atoms with van der Waals surface area (Å²) >= 11 is 0. The Kier molecular flexibility index (Phi) is 14.4. The van der Waals surface area contributed by atoms with Crippen LogP contribution in [0.3, 0.4) is 0 Å². The van der Waals surface area contributed by atoms with Crippen LogP contribution in [0, 0.1) is 0 Å².